The summed E-state index contributed by atoms with van der Waals surface area (Å²) in [7, 11) is 1.35. The molecule has 1 heterocycles. The van der Waals surface area contributed by atoms with Gasteiger partial charge in [0.15, 0.2) is 12.2 Å². The fourth-order valence-electron chi connectivity index (χ4n) is 1.22. The van der Waals surface area contributed by atoms with Gasteiger partial charge in [0.2, 0.25) is 0 Å². The Labute approximate surface area is 69.9 Å². The maximum absolute atomic E-state index is 10.8. The Morgan fingerprint density at radius 1 is 1.67 bits per heavy atom. The summed E-state index contributed by atoms with van der Waals surface area (Å²) < 4.78 is 9.49. The lowest BCUT2D eigenvalue weighted by atomic mass is 10.1. The van der Waals surface area contributed by atoms with Crippen LogP contribution in [0.2, 0.25) is 0 Å². The van der Waals surface area contributed by atoms with Gasteiger partial charge in [-0.2, -0.15) is 0 Å². The first kappa shape index (κ1) is 9.44. The summed E-state index contributed by atoms with van der Waals surface area (Å²) >= 11 is 0. The maximum Gasteiger partial charge on any atom is 0.338 e. The summed E-state index contributed by atoms with van der Waals surface area (Å²) in [6.07, 6.45) is -3.65. The highest BCUT2D eigenvalue weighted by Crippen LogP contribution is 2.21. The van der Waals surface area contributed by atoms with Crippen molar-refractivity contribution in [1.82, 2.24) is 0 Å². The Bertz CT molecular complexity index is 179. The second-order valence-corrected chi connectivity index (χ2v) is 2.79. The number of methoxy groups -OCH3 is 1. The van der Waals surface area contributed by atoms with Crippen LogP contribution in [0.1, 0.15) is 6.92 Å². The Kier molecular flexibility index (Phi) is 2.66. The molecule has 12 heavy (non-hydrogen) atoms. The van der Waals surface area contributed by atoms with Crippen molar-refractivity contribution >= 4 is 5.97 Å². The fraction of sp³-hybridized carbons (Fsp3) is 0.857. The second-order valence-electron chi connectivity index (χ2n) is 2.79. The van der Waals surface area contributed by atoms with E-state index >= 15 is 0 Å². The van der Waals surface area contributed by atoms with Gasteiger partial charge < -0.3 is 19.7 Å². The van der Waals surface area contributed by atoms with Gasteiger partial charge in [-0.3, -0.25) is 0 Å². The van der Waals surface area contributed by atoms with E-state index in [1.54, 1.807) is 0 Å². The first-order valence-corrected chi connectivity index (χ1v) is 3.67. The van der Waals surface area contributed by atoms with E-state index in [0.29, 0.717) is 0 Å². The summed E-state index contributed by atoms with van der Waals surface area (Å²) in [5.41, 5.74) is 0. The van der Waals surface area contributed by atoms with E-state index in [1.807, 2.05) is 0 Å². The maximum atomic E-state index is 10.8. The topological polar surface area (TPSA) is 76.0 Å². The smallest absolute Gasteiger partial charge is 0.338 e. The molecule has 0 radical (unpaired) electrons. The van der Waals surface area contributed by atoms with Crippen molar-refractivity contribution in [3.8, 4) is 0 Å². The largest absolute Gasteiger partial charge is 0.455 e. The number of ether oxygens (including phenoxy) is 2. The van der Waals surface area contributed by atoms with Crippen LogP contribution in [0.25, 0.3) is 0 Å². The molecule has 0 saturated carbocycles. The first-order valence-electron chi connectivity index (χ1n) is 3.67. The van der Waals surface area contributed by atoms with Gasteiger partial charge in [-0.1, -0.05) is 0 Å². The van der Waals surface area contributed by atoms with Gasteiger partial charge in [0.1, 0.15) is 6.10 Å². The number of hydrogen-bond acceptors (Lipinski definition) is 5. The van der Waals surface area contributed by atoms with E-state index in [-0.39, 0.29) is 0 Å². The molecular weight excluding hydrogens is 164 g/mol. The third-order valence-electron chi connectivity index (χ3n) is 1.88. The second kappa shape index (κ2) is 3.38. The van der Waals surface area contributed by atoms with Crippen molar-refractivity contribution in [2.75, 3.05) is 7.11 Å². The summed E-state index contributed by atoms with van der Waals surface area (Å²) in [6.45, 7) is 1.47. The molecular formula is C7H12O5. The summed E-state index contributed by atoms with van der Waals surface area (Å²) in [5, 5.41) is 18.3. The molecule has 1 fully saturated rings. The quantitative estimate of drug-likeness (QED) is 0.510. The standard InChI is InChI=1S/C7H12O5/c1-3(8)5-6(11-2)4(9)7(10)12-5/h3-6,8-9H,1-2H3/t3-,4-,5+,6-/m1/s1. The van der Waals surface area contributed by atoms with E-state index in [2.05, 4.69) is 4.74 Å². The third kappa shape index (κ3) is 1.43. The van der Waals surface area contributed by atoms with E-state index in [9.17, 15) is 4.79 Å². The zero-order chi connectivity index (χ0) is 9.30. The Morgan fingerprint density at radius 2 is 2.25 bits per heavy atom. The fourth-order valence-corrected chi connectivity index (χ4v) is 1.22. The molecule has 1 aliphatic heterocycles. The number of esters is 1. The molecule has 0 unspecified atom stereocenters. The highest BCUT2D eigenvalue weighted by molar-refractivity contribution is 5.77. The van der Waals surface area contributed by atoms with Crippen LogP contribution in [0.15, 0.2) is 0 Å². The number of carbonyl (C=O) groups is 1. The first-order chi connectivity index (χ1) is 5.57. The summed E-state index contributed by atoms with van der Waals surface area (Å²) in [6, 6.07) is 0. The number of aliphatic hydroxyl groups is 2. The number of rotatable bonds is 2. The molecule has 0 amide bonds. The van der Waals surface area contributed by atoms with Crippen LogP contribution in [0.3, 0.4) is 0 Å². The predicted octanol–water partition coefficient (Wildman–Crippen LogP) is -1.33. The van der Waals surface area contributed by atoms with Crippen molar-refractivity contribution in [2.45, 2.75) is 31.3 Å². The highest BCUT2D eigenvalue weighted by atomic mass is 16.6. The van der Waals surface area contributed by atoms with Crippen LogP contribution in [-0.2, 0) is 14.3 Å². The molecule has 4 atom stereocenters. The third-order valence-corrected chi connectivity index (χ3v) is 1.88. The van der Waals surface area contributed by atoms with Crippen molar-refractivity contribution in [1.29, 1.82) is 0 Å². The van der Waals surface area contributed by atoms with Gasteiger partial charge in [-0.15, -0.1) is 0 Å². The zero-order valence-corrected chi connectivity index (χ0v) is 6.93. The van der Waals surface area contributed by atoms with Gasteiger partial charge in [0.25, 0.3) is 0 Å². The number of hydrogen-bond donors (Lipinski definition) is 2. The molecule has 0 aliphatic carbocycles. The molecule has 2 N–H and O–H groups in total. The molecule has 70 valence electrons. The lowest BCUT2D eigenvalue weighted by Gasteiger charge is -2.19. The molecule has 0 aromatic carbocycles. The Hall–Kier alpha value is -0.650. The molecule has 1 aliphatic rings. The summed E-state index contributed by atoms with van der Waals surface area (Å²) in [5.74, 6) is -0.743. The lowest BCUT2D eigenvalue weighted by Crippen LogP contribution is -2.38. The number of carbonyl (C=O) groups excluding carboxylic acids is 1. The average Bonchev–Trinajstić information content (AvgIpc) is 2.29. The minimum absolute atomic E-state index is 0.743. The van der Waals surface area contributed by atoms with Gasteiger partial charge in [-0.25, -0.2) is 4.79 Å². The van der Waals surface area contributed by atoms with E-state index in [4.69, 9.17) is 14.9 Å². The molecule has 1 saturated heterocycles. The monoisotopic (exact) mass is 176 g/mol. The molecule has 0 aromatic heterocycles. The molecule has 1 rings (SSSR count). The normalized spacial score (nSPS) is 38.0. The van der Waals surface area contributed by atoms with E-state index in [0.717, 1.165) is 0 Å². The van der Waals surface area contributed by atoms with E-state index < -0.39 is 30.4 Å². The molecule has 0 bridgehead atoms. The van der Waals surface area contributed by atoms with Crippen molar-refractivity contribution in [3.63, 3.8) is 0 Å². The van der Waals surface area contributed by atoms with E-state index in [1.165, 1.54) is 14.0 Å². The van der Waals surface area contributed by atoms with Crippen molar-refractivity contribution in [2.24, 2.45) is 0 Å². The van der Waals surface area contributed by atoms with Crippen LogP contribution in [0.4, 0.5) is 0 Å². The Morgan fingerprint density at radius 3 is 2.58 bits per heavy atom. The van der Waals surface area contributed by atoms with Crippen LogP contribution in [0, 0.1) is 0 Å². The molecule has 0 spiro atoms. The number of cyclic esters (lactones) is 1. The average molecular weight is 176 g/mol. The Balaban J connectivity index is 2.71. The lowest BCUT2D eigenvalue weighted by molar-refractivity contribution is -0.150. The van der Waals surface area contributed by atoms with Gasteiger partial charge in [0.05, 0.1) is 6.10 Å². The van der Waals surface area contributed by atoms with Crippen LogP contribution in [0.5, 0.6) is 0 Å². The van der Waals surface area contributed by atoms with Crippen LogP contribution in [-0.4, -0.2) is 47.7 Å². The minimum atomic E-state index is -1.28. The van der Waals surface area contributed by atoms with Crippen LogP contribution < -0.4 is 0 Å². The van der Waals surface area contributed by atoms with Crippen LogP contribution >= 0.6 is 0 Å². The predicted molar refractivity (Wildman–Crippen MR) is 38.4 cm³/mol. The highest BCUT2D eigenvalue weighted by Gasteiger charge is 2.46. The minimum Gasteiger partial charge on any atom is -0.455 e. The molecule has 0 aromatic rings. The summed E-state index contributed by atoms with van der Waals surface area (Å²) in [4.78, 5) is 10.8. The van der Waals surface area contributed by atoms with Gasteiger partial charge in [-0.05, 0) is 6.92 Å². The number of aliphatic hydroxyl groups excluding tert-OH is 2. The molecule has 5 heteroatoms. The van der Waals surface area contributed by atoms with Crippen molar-refractivity contribution in [3.05, 3.63) is 0 Å². The van der Waals surface area contributed by atoms with Gasteiger partial charge in [0, 0.05) is 7.11 Å². The SMILES string of the molecule is CO[C@H]1[C@H]([C@@H](C)O)OC(=O)[C@@H]1O. The zero-order valence-electron chi connectivity index (χ0n) is 6.93. The van der Waals surface area contributed by atoms with Crippen molar-refractivity contribution < 1.29 is 24.5 Å². The molecule has 5 nitrogen and oxygen atoms in total. The van der Waals surface area contributed by atoms with Gasteiger partial charge >= 0.3 is 5.97 Å².